The van der Waals surface area contributed by atoms with E-state index in [0.29, 0.717) is 12.0 Å². The fourth-order valence-electron chi connectivity index (χ4n) is 0.846. The van der Waals surface area contributed by atoms with E-state index < -0.39 is 0 Å². The zero-order valence-corrected chi connectivity index (χ0v) is 7.46. The van der Waals surface area contributed by atoms with Crippen LogP contribution < -0.4 is 0 Å². The molecule has 0 aliphatic heterocycles. The summed E-state index contributed by atoms with van der Waals surface area (Å²) in [6.07, 6.45) is 5.00. The molecule has 0 amide bonds. The largest absolute Gasteiger partial charge is 0.198 e. The molecule has 0 aromatic rings. The Morgan fingerprint density at radius 3 is 2.50 bits per heavy atom. The van der Waals surface area contributed by atoms with E-state index in [0.717, 1.165) is 12.0 Å². The van der Waals surface area contributed by atoms with Gasteiger partial charge in [0.05, 0.1) is 18.6 Å². The standard InChI is InChI=1S/C10H12N2/c1-3-4-10(5-6-11)7-9(2)8-12/h4,7H,3,5H2,1-2H3/b9-7+,10-4-. The second-order valence-electron chi connectivity index (χ2n) is 2.46. The normalized spacial score (nSPS) is 12.0. The maximum Gasteiger partial charge on any atom is 0.0944 e. The molecule has 0 radical (unpaired) electrons. The Balaban J connectivity index is 4.48. The highest BCUT2D eigenvalue weighted by Gasteiger charge is 1.92. The van der Waals surface area contributed by atoms with Gasteiger partial charge < -0.3 is 0 Å². The number of nitrogens with zero attached hydrogens (tertiary/aromatic N) is 2. The summed E-state index contributed by atoms with van der Waals surface area (Å²) in [6.45, 7) is 3.74. The maximum atomic E-state index is 8.49. The fraction of sp³-hybridized carbons (Fsp3) is 0.400. The summed E-state index contributed by atoms with van der Waals surface area (Å²) in [5, 5.41) is 16.9. The van der Waals surface area contributed by atoms with Crippen molar-refractivity contribution in [3.63, 3.8) is 0 Å². The van der Waals surface area contributed by atoms with Gasteiger partial charge in [-0.15, -0.1) is 0 Å². The van der Waals surface area contributed by atoms with E-state index in [4.69, 9.17) is 10.5 Å². The van der Waals surface area contributed by atoms with Crippen molar-refractivity contribution in [3.8, 4) is 12.1 Å². The molecule has 0 aliphatic carbocycles. The van der Waals surface area contributed by atoms with Crippen LogP contribution in [0.2, 0.25) is 0 Å². The van der Waals surface area contributed by atoms with Gasteiger partial charge in [-0.25, -0.2) is 0 Å². The monoisotopic (exact) mass is 160 g/mol. The molecule has 0 N–H and O–H groups in total. The molecular weight excluding hydrogens is 148 g/mol. The van der Waals surface area contributed by atoms with Gasteiger partial charge in [0.2, 0.25) is 0 Å². The first-order chi connectivity index (χ1) is 5.74. The molecule has 0 atom stereocenters. The quantitative estimate of drug-likeness (QED) is 0.470. The molecule has 0 heterocycles. The number of allylic oxidation sites excluding steroid dienone is 4. The molecule has 62 valence electrons. The summed E-state index contributed by atoms with van der Waals surface area (Å²) in [5.41, 5.74) is 1.57. The van der Waals surface area contributed by atoms with E-state index in [9.17, 15) is 0 Å². The summed E-state index contributed by atoms with van der Waals surface area (Å²) in [4.78, 5) is 0. The van der Waals surface area contributed by atoms with Crippen LogP contribution in [0.5, 0.6) is 0 Å². The average Bonchev–Trinajstić information content (AvgIpc) is 2.05. The van der Waals surface area contributed by atoms with Crippen molar-refractivity contribution in [2.24, 2.45) is 0 Å². The van der Waals surface area contributed by atoms with E-state index in [2.05, 4.69) is 6.07 Å². The molecule has 0 aromatic heterocycles. The van der Waals surface area contributed by atoms with E-state index in [1.54, 1.807) is 13.0 Å². The third-order valence-electron chi connectivity index (χ3n) is 1.33. The Labute approximate surface area is 73.4 Å². The van der Waals surface area contributed by atoms with Crippen LogP contribution >= 0.6 is 0 Å². The minimum Gasteiger partial charge on any atom is -0.198 e. The van der Waals surface area contributed by atoms with Crippen LogP contribution in [-0.2, 0) is 0 Å². The van der Waals surface area contributed by atoms with Gasteiger partial charge in [0.15, 0.2) is 0 Å². The van der Waals surface area contributed by atoms with Gasteiger partial charge in [-0.2, -0.15) is 10.5 Å². The molecule has 0 rings (SSSR count). The van der Waals surface area contributed by atoms with Gasteiger partial charge in [-0.1, -0.05) is 13.0 Å². The SMILES string of the molecule is CC/C=C(\C=C(/C)C#N)CC#N. The maximum absolute atomic E-state index is 8.49. The molecule has 0 aliphatic rings. The fourth-order valence-corrected chi connectivity index (χ4v) is 0.846. The summed E-state index contributed by atoms with van der Waals surface area (Å²) >= 11 is 0. The van der Waals surface area contributed by atoms with Crippen LogP contribution in [0.4, 0.5) is 0 Å². The lowest BCUT2D eigenvalue weighted by molar-refractivity contribution is 1.16. The van der Waals surface area contributed by atoms with Crippen molar-refractivity contribution in [1.29, 1.82) is 10.5 Å². The number of rotatable bonds is 3. The van der Waals surface area contributed by atoms with Crippen molar-refractivity contribution in [3.05, 3.63) is 23.3 Å². The number of hydrogen-bond donors (Lipinski definition) is 0. The number of hydrogen-bond acceptors (Lipinski definition) is 2. The highest BCUT2D eigenvalue weighted by molar-refractivity contribution is 5.31. The minimum atomic E-state index is 0.382. The van der Waals surface area contributed by atoms with E-state index in [-0.39, 0.29) is 0 Å². The molecule has 0 saturated carbocycles. The summed E-state index contributed by atoms with van der Waals surface area (Å²) in [5.74, 6) is 0. The molecule has 0 saturated heterocycles. The lowest BCUT2D eigenvalue weighted by Gasteiger charge is -1.93. The van der Waals surface area contributed by atoms with Gasteiger partial charge in [-0.05, 0) is 25.0 Å². The Bertz CT molecular complexity index is 271. The zero-order chi connectivity index (χ0) is 9.40. The lowest BCUT2D eigenvalue weighted by atomic mass is 10.1. The van der Waals surface area contributed by atoms with E-state index in [1.807, 2.05) is 19.1 Å². The first kappa shape index (κ1) is 10.5. The molecule has 2 nitrogen and oxygen atoms in total. The Morgan fingerprint density at radius 2 is 2.08 bits per heavy atom. The molecule has 0 bridgehead atoms. The van der Waals surface area contributed by atoms with Crippen LogP contribution in [0.25, 0.3) is 0 Å². The summed E-state index contributed by atoms with van der Waals surface area (Å²) in [6, 6.07) is 4.08. The smallest absolute Gasteiger partial charge is 0.0944 e. The summed E-state index contributed by atoms with van der Waals surface area (Å²) < 4.78 is 0. The minimum absolute atomic E-state index is 0.382. The third-order valence-corrected chi connectivity index (χ3v) is 1.33. The van der Waals surface area contributed by atoms with Crippen molar-refractivity contribution < 1.29 is 0 Å². The highest BCUT2D eigenvalue weighted by atomic mass is 14.2. The molecule has 0 unspecified atom stereocenters. The van der Waals surface area contributed by atoms with Gasteiger partial charge in [-0.3, -0.25) is 0 Å². The van der Waals surface area contributed by atoms with Crippen LogP contribution in [0.15, 0.2) is 23.3 Å². The highest BCUT2D eigenvalue weighted by Crippen LogP contribution is 2.06. The topological polar surface area (TPSA) is 47.6 Å². The second-order valence-corrected chi connectivity index (χ2v) is 2.46. The van der Waals surface area contributed by atoms with Gasteiger partial charge in [0.25, 0.3) is 0 Å². The lowest BCUT2D eigenvalue weighted by Crippen LogP contribution is -1.78. The third kappa shape index (κ3) is 4.30. The molecule has 12 heavy (non-hydrogen) atoms. The van der Waals surface area contributed by atoms with Crippen molar-refractivity contribution in [1.82, 2.24) is 0 Å². The molecule has 0 aromatic carbocycles. The molecule has 0 spiro atoms. The van der Waals surface area contributed by atoms with Crippen molar-refractivity contribution in [2.45, 2.75) is 26.7 Å². The predicted octanol–water partition coefficient (Wildman–Crippen LogP) is 2.71. The average molecular weight is 160 g/mol. The molecular formula is C10H12N2. The van der Waals surface area contributed by atoms with E-state index >= 15 is 0 Å². The Morgan fingerprint density at radius 1 is 1.42 bits per heavy atom. The Kier molecular flexibility index (Phi) is 5.39. The molecule has 2 heteroatoms. The van der Waals surface area contributed by atoms with Crippen LogP contribution in [-0.4, -0.2) is 0 Å². The predicted molar refractivity (Wildman–Crippen MR) is 48.0 cm³/mol. The number of nitriles is 2. The first-order valence-electron chi connectivity index (χ1n) is 3.89. The second kappa shape index (κ2) is 6.19. The van der Waals surface area contributed by atoms with Gasteiger partial charge >= 0.3 is 0 Å². The van der Waals surface area contributed by atoms with Gasteiger partial charge in [0, 0.05) is 5.57 Å². The van der Waals surface area contributed by atoms with Crippen LogP contribution in [0, 0.1) is 22.7 Å². The Hall–Kier alpha value is -1.54. The van der Waals surface area contributed by atoms with E-state index in [1.165, 1.54) is 0 Å². The van der Waals surface area contributed by atoms with Crippen molar-refractivity contribution >= 4 is 0 Å². The summed E-state index contributed by atoms with van der Waals surface area (Å²) in [7, 11) is 0. The van der Waals surface area contributed by atoms with Crippen molar-refractivity contribution in [2.75, 3.05) is 0 Å². The van der Waals surface area contributed by atoms with Crippen LogP contribution in [0.3, 0.4) is 0 Å². The molecule has 0 fully saturated rings. The van der Waals surface area contributed by atoms with Gasteiger partial charge in [0.1, 0.15) is 0 Å². The first-order valence-corrected chi connectivity index (χ1v) is 3.89. The van der Waals surface area contributed by atoms with Crippen LogP contribution in [0.1, 0.15) is 26.7 Å². The zero-order valence-electron chi connectivity index (χ0n) is 7.46.